The predicted octanol–water partition coefficient (Wildman–Crippen LogP) is 7.66. The van der Waals surface area contributed by atoms with Crippen LogP contribution in [0.1, 0.15) is 23.6 Å². The molecule has 0 aromatic heterocycles. The van der Waals surface area contributed by atoms with E-state index in [-0.39, 0.29) is 17.7 Å². The molecule has 4 aromatic rings. The van der Waals surface area contributed by atoms with Crippen molar-refractivity contribution >= 4 is 62.3 Å². The van der Waals surface area contributed by atoms with Crippen LogP contribution >= 0.6 is 34.4 Å². The maximum atomic E-state index is 13.0. The zero-order valence-corrected chi connectivity index (χ0v) is 23.1. The number of rotatable bonds is 8. The van der Waals surface area contributed by atoms with E-state index >= 15 is 0 Å². The Bertz CT molecular complexity index is 1490. The maximum Gasteiger partial charge on any atom is 0.293 e. The highest BCUT2D eigenvalue weighted by Gasteiger charge is 2.35. The van der Waals surface area contributed by atoms with Crippen LogP contribution in [0.5, 0.6) is 11.5 Å². The second kappa shape index (κ2) is 11.4. The van der Waals surface area contributed by atoms with Gasteiger partial charge in [0.05, 0.1) is 18.1 Å². The summed E-state index contributed by atoms with van der Waals surface area (Å²) in [7, 11) is 0. The van der Waals surface area contributed by atoms with Gasteiger partial charge in [0.1, 0.15) is 6.61 Å². The Hall–Kier alpha value is -3.30. The topological polar surface area (TPSA) is 55.8 Å². The summed E-state index contributed by atoms with van der Waals surface area (Å²) in [5.41, 5.74) is 2.77. The molecule has 1 fully saturated rings. The molecule has 1 aliphatic rings. The first-order valence-corrected chi connectivity index (χ1v) is 13.8. The second-order valence-electron chi connectivity index (χ2n) is 8.46. The van der Waals surface area contributed by atoms with Crippen molar-refractivity contribution in [2.45, 2.75) is 20.1 Å². The standard InChI is InChI=1S/C30H24INO4S/c1-2-35-27-16-21(12-15-26(27)36-19-23-8-5-7-22-6-3-4-9-25(22)23)17-28-29(33)32(30(34)37-28)18-20-10-13-24(31)14-11-20/h3-17H,2,18-19H2,1H3/b28-17+. The van der Waals surface area contributed by atoms with Crippen molar-refractivity contribution in [2.75, 3.05) is 6.61 Å². The van der Waals surface area contributed by atoms with E-state index in [0.717, 1.165) is 37.4 Å². The van der Waals surface area contributed by atoms with E-state index in [1.165, 1.54) is 10.3 Å². The first kappa shape index (κ1) is 25.4. The Labute approximate surface area is 233 Å². The van der Waals surface area contributed by atoms with Crippen LogP contribution in [0.25, 0.3) is 16.8 Å². The van der Waals surface area contributed by atoms with Gasteiger partial charge in [0.2, 0.25) is 0 Å². The van der Waals surface area contributed by atoms with Gasteiger partial charge in [-0.1, -0.05) is 60.7 Å². The van der Waals surface area contributed by atoms with Gasteiger partial charge in [-0.3, -0.25) is 14.5 Å². The van der Waals surface area contributed by atoms with Crippen LogP contribution in [0.4, 0.5) is 4.79 Å². The summed E-state index contributed by atoms with van der Waals surface area (Å²) in [4.78, 5) is 27.2. The number of carbonyl (C=O) groups is 2. The van der Waals surface area contributed by atoms with Crippen molar-refractivity contribution in [3.05, 3.63) is 110 Å². The van der Waals surface area contributed by atoms with Crippen LogP contribution < -0.4 is 9.47 Å². The Balaban J connectivity index is 1.34. The van der Waals surface area contributed by atoms with E-state index < -0.39 is 0 Å². The average molecular weight is 621 g/mol. The molecule has 0 spiro atoms. The van der Waals surface area contributed by atoms with Gasteiger partial charge in [-0.05, 0) is 99.1 Å². The highest BCUT2D eigenvalue weighted by Crippen LogP contribution is 2.36. The number of hydrogen-bond acceptors (Lipinski definition) is 5. The molecule has 1 heterocycles. The second-order valence-corrected chi connectivity index (χ2v) is 10.7. The molecule has 7 heteroatoms. The van der Waals surface area contributed by atoms with Gasteiger partial charge in [-0.25, -0.2) is 0 Å². The largest absolute Gasteiger partial charge is 0.490 e. The van der Waals surface area contributed by atoms with Crippen molar-refractivity contribution in [1.29, 1.82) is 0 Å². The van der Waals surface area contributed by atoms with E-state index in [2.05, 4.69) is 46.9 Å². The molecule has 2 amide bonds. The summed E-state index contributed by atoms with van der Waals surface area (Å²) in [5, 5.41) is 2.05. The first-order chi connectivity index (χ1) is 18.0. The number of halogens is 1. The van der Waals surface area contributed by atoms with Crippen LogP contribution in [0.15, 0.2) is 89.8 Å². The molecule has 1 aliphatic heterocycles. The quantitative estimate of drug-likeness (QED) is 0.149. The smallest absolute Gasteiger partial charge is 0.293 e. The normalized spacial score (nSPS) is 14.5. The summed E-state index contributed by atoms with van der Waals surface area (Å²) in [5.74, 6) is 0.927. The van der Waals surface area contributed by atoms with Crippen LogP contribution in [-0.2, 0) is 17.9 Å². The number of amides is 2. The number of imide groups is 1. The molecule has 186 valence electrons. The third kappa shape index (κ3) is 5.83. The van der Waals surface area contributed by atoms with Crippen molar-refractivity contribution < 1.29 is 19.1 Å². The highest BCUT2D eigenvalue weighted by molar-refractivity contribution is 14.1. The molecule has 1 saturated heterocycles. The van der Waals surface area contributed by atoms with Gasteiger partial charge in [-0.2, -0.15) is 0 Å². The third-order valence-electron chi connectivity index (χ3n) is 5.96. The van der Waals surface area contributed by atoms with Gasteiger partial charge in [0, 0.05) is 3.57 Å². The number of carbonyl (C=O) groups excluding carboxylic acids is 2. The van der Waals surface area contributed by atoms with E-state index in [9.17, 15) is 9.59 Å². The molecular weight excluding hydrogens is 597 g/mol. The number of thioether (sulfide) groups is 1. The lowest BCUT2D eigenvalue weighted by atomic mass is 10.1. The lowest BCUT2D eigenvalue weighted by Gasteiger charge is -2.14. The van der Waals surface area contributed by atoms with Crippen molar-refractivity contribution in [2.24, 2.45) is 0 Å². The lowest BCUT2D eigenvalue weighted by Crippen LogP contribution is -2.27. The van der Waals surface area contributed by atoms with E-state index in [1.54, 1.807) is 6.08 Å². The first-order valence-electron chi connectivity index (χ1n) is 11.9. The van der Waals surface area contributed by atoms with Crippen molar-refractivity contribution in [3.63, 3.8) is 0 Å². The zero-order chi connectivity index (χ0) is 25.8. The van der Waals surface area contributed by atoms with Gasteiger partial charge in [0.25, 0.3) is 11.1 Å². The summed E-state index contributed by atoms with van der Waals surface area (Å²) >= 11 is 3.18. The number of benzene rings is 4. The van der Waals surface area contributed by atoms with Crippen molar-refractivity contribution in [1.82, 2.24) is 4.90 Å². The molecule has 5 nitrogen and oxygen atoms in total. The summed E-state index contributed by atoms with van der Waals surface area (Å²) in [6, 6.07) is 27.7. The van der Waals surface area contributed by atoms with Crippen molar-refractivity contribution in [3.8, 4) is 11.5 Å². The Kier molecular flexibility index (Phi) is 7.81. The number of ether oxygens (including phenoxy) is 2. The fourth-order valence-corrected chi connectivity index (χ4v) is 5.33. The van der Waals surface area contributed by atoms with Crippen LogP contribution in [0.3, 0.4) is 0 Å². The molecule has 0 aliphatic carbocycles. The fourth-order valence-electron chi connectivity index (χ4n) is 4.14. The molecule has 0 N–H and O–H groups in total. The monoisotopic (exact) mass is 621 g/mol. The molecule has 0 radical (unpaired) electrons. The summed E-state index contributed by atoms with van der Waals surface area (Å²) in [6.45, 7) is 3.04. The van der Waals surface area contributed by atoms with Gasteiger partial charge >= 0.3 is 0 Å². The Morgan fingerprint density at radius 2 is 1.68 bits per heavy atom. The fraction of sp³-hybridized carbons (Fsp3) is 0.133. The summed E-state index contributed by atoms with van der Waals surface area (Å²) in [6.07, 6.45) is 1.73. The van der Waals surface area contributed by atoms with E-state index in [4.69, 9.17) is 9.47 Å². The lowest BCUT2D eigenvalue weighted by molar-refractivity contribution is -0.123. The molecule has 0 saturated carbocycles. The van der Waals surface area contributed by atoms with Crippen LogP contribution in [0, 0.1) is 3.57 Å². The van der Waals surface area contributed by atoms with Gasteiger partial charge in [-0.15, -0.1) is 0 Å². The van der Waals surface area contributed by atoms with Gasteiger partial charge in [0.15, 0.2) is 11.5 Å². The zero-order valence-electron chi connectivity index (χ0n) is 20.1. The third-order valence-corrected chi connectivity index (χ3v) is 7.58. The Morgan fingerprint density at radius 1 is 0.892 bits per heavy atom. The minimum atomic E-state index is -0.289. The number of hydrogen-bond donors (Lipinski definition) is 0. The highest BCUT2D eigenvalue weighted by atomic mass is 127. The van der Waals surface area contributed by atoms with E-state index in [0.29, 0.717) is 29.6 Å². The minimum absolute atomic E-state index is 0.254. The van der Waals surface area contributed by atoms with Crippen LogP contribution in [0.2, 0.25) is 0 Å². The molecular formula is C30H24INO4S. The summed E-state index contributed by atoms with van der Waals surface area (Å²) < 4.78 is 13.1. The number of nitrogens with zero attached hydrogens (tertiary/aromatic N) is 1. The molecule has 37 heavy (non-hydrogen) atoms. The van der Waals surface area contributed by atoms with Crippen LogP contribution in [-0.4, -0.2) is 22.7 Å². The van der Waals surface area contributed by atoms with Gasteiger partial charge < -0.3 is 9.47 Å². The Morgan fingerprint density at radius 3 is 2.49 bits per heavy atom. The molecule has 4 aromatic carbocycles. The SMILES string of the molecule is CCOc1cc(/C=C2/SC(=O)N(Cc3ccc(I)cc3)C2=O)ccc1OCc1cccc2ccccc12. The predicted molar refractivity (Wildman–Crippen MR) is 157 cm³/mol. The molecule has 0 unspecified atom stereocenters. The number of fused-ring (bicyclic) bond motifs is 1. The minimum Gasteiger partial charge on any atom is -0.490 e. The van der Waals surface area contributed by atoms with E-state index in [1.807, 2.05) is 67.6 Å². The molecule has 5 rings (SSSR count). The molecule has 0 atom stereocenters. The average Bonchev–Trinajstić information content (AvgIpc) is 3.17. The maximum absolute atomic E-state index is 13.0. The molecule has 0 bridgehead atoms.